The fourth-order valence-corrected chi connectivity index (χ4v) is 3.94. The van der Waals surface area contributed by atoms with Crippen molar-refractivity contribution >= 4 is 0 Å². The predicted molar refractivity (Wildman–Crippen MR) is 111 cm³/mol. The third-order valence-corrected chi connectivity index (χ3v) is 5.81. The number of rotatable bonds is 3. The smallest absolute Gasteiger partial charge is 0.0635 e. The van der Waals surface area contributed by atoms with Gasteiger partial charge in [-0.05, 0) is 105 Å². The van der Waals surface area contributed by atoms with Crippen LogP contribution in [0.4, 0.5) is 0 Å². The molecule has 1 rings (SSSR count). The van der Waals surface area contributed by atoms with Gasteiger partial charge >= 0.3 is 0 Å². The highest BCUT2D eigenvalue weighted by atomic mass is 15.2. The molecule has 0 spiro atoms. The van der Waals surface area contributed by atoms with Crippen LogP contribution < -0.4 is 0 Å². The molecule has 5 heteroatoms. The van der Waals surface area contributed by atoms with E-state index in [1.54, 1.807) is 0 Å². The van der Waals surface area contributed by atoms with Gasteiger partial charge in [0.15, 0.2) is 0 Å². The lowest BCUT2D eigenvalue weighted by Gasteiger charge is -2.30. The van der Waals surface area contributed by atoms with Crippen molar-refractivity contribution in [2.24, 2.45) is 0 Å². The Bertz CT molecular complexity index is 381. The molecular weight excluding hydrogens is 322 g/mol. The van der Waals surface area contributed by atoms with Crippen molar-refractivity contribution in [2.45, 2.75) is 57.9 Å². The van der Waals surface area contributed by atoms with E-state index in [4.69, 9.17) is 5.26 Å². The molecule has 0 aromatic carbocycles. The highest BCUT2D eigenvalue weighted by Crippen LogP contribution is 2.10. The Hall–Kier alpha value is -0.670. The first-order valence-corrected chi connectivity index (χ1v) is 10.7. The fourth-order valence-electron chi connectivity index (χ4n) is 3.94. The van der Waals surface area contributed by atoms with Gasteiger partial charge in [-0.15, -0.1) is 0 Å². The lowest BCUT2D eigenvalue weighted by atomic mass is 10.1. The highest BCUT2D eigenvalue weighted by molar-refractivity contribution is 4.75. The molecule has 0 N–H and O–H groups in total. The summed E-state index contributed by atoms with van der Waals surface area (Å²) in [5.41, 5.74) is 0. The maximum atomic E-state index is 8.97. The summed E-state index contributed by atoms with van der Waals surface area (Å²) in [4.78, 5) is 10.0. The third-order valence-electron chi connectivity index (χ3n) is 5.81. The maximum Gasteiger partial charge on any atom is 0.0635 e. The van der Waals surface area contributed by atoms with Crippen LogP contribution in [0.2, 0.25) is 0 Å². The average molecular weight is 366 g/mol. The van der Waals surface area contributed by atoms with Gasteiger partial charge in [-0.3, -0.25) is 0 Å². The van der Waals surface area contributed by atoms with Crippen LogP contribution in [0.15, 0.2) is 0 Å². The molecule has 0 aliphatic carbocycles. The number of nitrogens with zero attached hydrogens (tertiary/aromatic N) is 5. The van der Waals surface area contributed by atoms with E-state index in [1.165, 1.54) is 64.7 Å². The van der Waals surface area contributed by atoms with E-state index in [-0.39, 0.29) is 0 Å². The molecule has 0 amide bonds. The Morgan fingerprint density at radius 3 is 1.96 bits per heavy atom. The van der Waals surface area contributed by atoms with Crippen LogP contribution in [0.1, 0.15) is 51.9 Å². The van der Waals surface area contributed by atoms with Crippen molar-refractivity contribution in [3.8, 4) is 6.07 Å². The summed E-state index contributed by atoms with van der Waals surface area (Å²) >= 11 is 0. The summed E-state index contributed by atoms with van der Waals surface area (Å²) in [6.45, 7) is 11.4. The van der Waals surface area contributed by atoms with Gasteiger partial charge in [-0.2, -0.15) is 5.26 Å². The molecule has 1 atom stereocenters. The normalized spacial score (nSPS) is 25.6. The fraction of sp³-hybridized carbons (Fsp3) is 0.952. The highest BCUT2D eigenvalue weighted by Gasteiger charge is 2.15. The molecule has 0 aromatic rings. The second-order valence-electron chi connectivity index (χ2n) is 8.10. The monoisotopic (exact) mass is 365 g/mol. The van der Waals surface area contributed by atoms with Gasteiger partial charge in [-0.25, -0.2) is 0 Å². The van der Waals surface area contributed by atoms with Gasteiger partial charge in [0.05, 0.1) is 6.07 Å². The van der Waals surface area contributed by atoms with Crippen LogP contribution in [0, 0.1) is 11.3 Å². The Morgan fingerprint density at radius 1 is 0.808 bits per heavy atom. The van der Waals surface area contributed by atoms with E-state index in [1.807, 2.05) is 0 Å². The number of nitriles is 1. The van der Waals surface area contributed by atoms with Crippen molar-refractivity contribution in [1.29, 1.82) is 5.26 Å². The minimum absolute atomic E-state index is 0.648. The molecule has 0 saturated carbocycles. The topological polar surface area (TPSA) is 36.8 Å². The standard InChI is InChI=1S/C21H43N5/c1-5-21-11-20-26(18-8-12-22)19-10-16-24(3)14-7-6-13-23(2)15-9-17-25(21)4/h21H,5-11,13-20H2,1-4H3. The Labute approximate surface area is 162 Å². The zero-order valence-corrected chi connectivity index (χ0v) is 17.9. The van der Waals surface area contributed by atoms with Crippen LogP contribution >= 0.6 is 0 Å². The number of hydrogen-bond acceptors (Lipinski definition) is 5. The molecule has 1 heterocycles. The molecular formula is C21H43N5. The summed E-state index contributed by atoms with van der Waals surface area (Å²) in [5, 5.41) is 8.97. The lowest BCUT2D eigenvalue weighted by Crippen LogP contribution is -2.38. The van der Waals surface area contributed by atoms with Crippen LogP contribution in [-0.2, 0) is 0 Å². The first-order chi connectivity index (χ1) is 12.6. The SMILES string of the molecule is CCC1CCN(CCC#N)CCCN(C)CCCCN(C)CCCN1C. The zero-order valence-electron chi connectivity index (χ0n) is 17.9. The summed E-state index contributed by atoms with van der Waals surface area (Å²) in [6, 6.07) is 2.98. The minimum Gasteiger partial charge on any atom is -0.306 e. The van der Waals surface area contributed by atoms with E-state index < -0.39 is 0 Å². The lowest BCUT2D eigenvalue weighted by molar-refractivity contribution is 0.178. The van der Waals surface area contributed by atoms with E-state index in [0.29, 0.717) is 12.5 Å². The first-order valence-electron chi connectivity index (χ1n) is 10.7. The van der Waals surface area contributed by atoms with Crippen molar-refractivity contribution in [2.75, 3.05) is 73.5 Å². The third kappa shape index (κ3) is 10.5. The first kappa shape index (κ1) is 23.4. The Morgan fingerprint density at radius 2 is 1.38 bits per heavy atom. The molecule has 1 unspecified atom stereocenters. The second kappa shape index (κ2) is 14.4. The van der Waals surface area contributed by atoms with E-state index in [0.717, 1.165) is 26.2 Å². The van der Waals surface area contributed by atoms with Crippen LogP contribution in [0.25, 0.3) is 0 Å². The molecule has 0 aromatic heterocycles. The average Bonchev–Trinajstić information content (AvgIpc) is 2.62. The molecule has 1 saturated heterocycles. The van der Waals surface area contributed by atoms with E-state index in [2.05, 4.69) is 53.7 Å². The van der Waals surface area contributed by atoms with Crippen LogP contribution in [0.5, 0.6) is 0 Å². The molecule has 1 aliphatic rings. The minimum atomic E-state index is 0.648. The van der Waals surface area contributed by atoms with Gasteiger partial charge in [-0.1, -0.05) is 6.92 Å². The van der Waals surface area contributed by atoms with Crippen molar-refractivity contribution in [1.82, 2.24) is 19.6 Å². The summed E-state index contributed by atoms with van der Waals surface area (Å²) in [6.07, 6.45) is 8.11. The van der Waals surface area contributed by atoms with Gasteiger partial charge in [0.2, 0.25) is 0 Å². The Balaban J connectivity index is 2.61. The summed E-state index contributed by atoms with van der Waals surface area (Å²) in [5.74, 6) is 0. The van der Waals surface area contributed by atoms with Crippen LogP contribution in [-0.4, -0.2) is 99.1 Å². The second-order valence-corrected chi connectivity index (χ2v) is 8.10. The molecule has 0 bridgehead atoms. The quantitative estimate of drug-likeness (QED) is 0.769. The van der Waals surface area contributed by atoms with Gasteiger partial charge in [0, 0.05) is 19.0 Å². The summed E-state index contributed by atoms with van der Waals surface area (Å²) < 4.78 is 0. The van der Waals surface area contributed by atoms with Crippen molar-refractivity contribution < 1.29 is 0 Å². The summed E-state index contributed by atoms with van der Waals surface area (Å²) in [7, 11) is 6.80. The number of hydrogen-bond donors (Lipinski definition) is 0. The van der Waals surface area contributed by atoms with E-state index >= 15 is 0 Å². The molecule has 152 valence electrons. The maximum absolute atomic E-state index is 8.97. The van der Waals surface area contributed by atoms with E-state index in [9.17, 15) is 0 Å². The predicted octanol–water partition coefficient (Wildman–Crippen LogP) is 2.74. The van der Waals surface area contributed by atoms with Crippen molar-refractivity contribution in [3.05, 3.63) is 0 Å². The molecule has 0 radical (unpaired) electrons. The largest absolute Gasteiger partial charge is 0.306 e. The van der Waals surface area contributed by atoms with Crippen LogP contribution in [0.3, 0.4) is 0 Å². The molecule has 26 heavy (non-hydrogen) atoms. The Kier molecular flexibility index (Phi) is 12.9. The van der Waals surface area contributed by atoms with Gasteiger partial charge < -0.3 is 19.6 Å². The van der Waals surface area contributed by atoms with Gasteiger partial charge in [0.1, 0.15) is 0 Å². The van der Waals surface area contributed by atoms with Crippen molar-refractivity contribution in [3.63, 3.8) is 0 Å². The molecule has 1 aliphatic heterocycles. The zero-order chi connectivity index (χ0) is 19.2. The van der Waals surface area contributed by atoms with Gasteiger partial charge in [0.25, 0.3) is 0 Å². The molecule has 5 nitrogen and oxygen atoms in total. The molecule has 1 fully saturated rings.